The van der Waals surface area contributed by atoms with Gasteiger partial charge >= 0.3 is 0 Å². The highest BCUT2D eigenvalue weighted by Gasteiger charge is 2.42. The van der Waals surface area contributed by atoms with E-state index in [1.165, 1.54) is 18.2 Å². The summed E-state index contributed by atoms with van der Waals surface area (Å²) in [6.45, 7) is 5.99. The van der Waals surface area contributed by atoms with Gasteiger partial charge < -0.3 is 15.5 Å². The molecule has 2 atom stereocenters. The van der Waals surface area contributed by atoms with Gasteiger partial charge in [-0.25, -0.2) is 4.39 Å². The minimum absolute atomic E-state index is 0.00916. The van der Waals surface area contributed by atoms with Crippen LogP contribution in [0.5, 0.6) is 0 Å². The number of nitrogens with zero attached hydrogens (tertiary/aromatic N) is 3. The number of nitrogens with one attached hydrogen (secondary N) is 2. The number of carbonyl (C=O) groups excluding carboxylic acids is 2. The molecule has 9 nitrogen and oxygen atoms in total. The van der Waals surface area contributed by atoms with Crippen LogP contribution >= 0.6 is 0 Å². The first-order valence-electron chi connectivity index (χ1n) is 11.8. The third-order valence-corrected chi connectivity index (χ3v) is 6.50. The molecule has 10 heteroatoms. The monoisotopic (exact) mass is 483 g/mol. The van der Waals surface area contributed by atoms with Crippen LogP contribution in [0.4, 0.5) is 15.8 Å². The van der Waals surface area contributed by atoms with E-state index in [1.54, 1.807) is 24.3 Å². The number of benzene rings is 2. The lowest BCUT2D eigenvalue weighted by atomic mass is 9.83. The summed E-state index contributed by atoms with van der Waals surface area (Å²) >= 11 is 0. The molecule has 2 N–H and O–H groups in total. The fourth-order valence-electron chi connectivity index (χ4n) is 4.96. The second-order valence-electron chi connectivity index (χ2n) is 9.45. The van der Waals surface area contributed by atoms with Crippen molar-refractivity contribution in [2.75, 3.05) is 31.1 Å². The number of nitro groups is 1. The highest BCUT2D eigenvalue weighted by Crippen LogP contribution is 2.38. The number of amides is 2. The van der Waals surface area contributed by atoms with Gasteiger partial charge in [-0.3, -0.25) is 24.6 Å². The summed E-state index contributed by atoms with van der Waals surface area (Å²) in [4.78, 5) is 40.8. The van der Waals surface area contributed by atoms with Crippen molar-refractivity contribution in [3.05, 3.63) is 69.5 Å². The van der Waals surface area contributed by atoms with Crippen LogP contribution in [0, 0.1) is 21.8 Å². The number of carbonyl (C=O) groups is 2. The Morgan fingerprint density at radius 3 is 2.71 bits per heavy atom. The van der Waals surface area contributed by atoms with Crippen molar-refractivity contribution >= 4 is 23.2 Å². The van der Waals surface area contributed by atoms with Crippen molar-refractivity contribution < 1.29 is 18.9 Å². The fraction of sp³-hybridized carbons (Fsp3) is 0.440. The Morgan fingerprint density at radius 2 is 2.00 bits per heavy atom. The van der Waals surface area contributed by atoms with E-state index < -0.39 is 10.8 Å². The zero-order valence-electron chi connectivity index (χ0n) is 19.9. The summed E-state index contributed by atoms with van der Waals surface area (Å²) in [6.07, 6.45) is 0.346. The van der Waals surface area contributed by atoms with Gasteiger partial charge in [0.1, 0.15) is 5.82 Å². The van der Waals surface area contributed by atoms with Crippen LogP contribution in [0.1, 0.15) is 25.0 Å². The Morgan fingerprint density at radius 1 is 1.20 bits per heavy atom. The van der Waals surface area contributed by atoms with Crippen LogP contribution in [0.15, 0.2) is 42.5 Å². The van der Waals surface area contributed by atoms with Crippen LogP contribution in [-0.4, -0.2) is 59.9 Å². The average molecular weight is 484 g/mol. The van der Waals surface area contributed by atoms with E-state index in [4.69, 9.17) is 0 Å². The van der Waals surface area contributed by atoms with Gasteiger partial charge in [0.25, 0.3) is 5.69 Å². The predicted octanol–water partition coefficient (Wildman–Crippen LogP) is 2.24. The molecule has 1 fully saturated rings. The SMILES string of the molecule is CC(C)NC(=O)CN1CCN2c3ccc([N+](=O)[O-])cc3C[C@H](C(=O)NCc3cccc(F)c3)[C@@H]2C1. The molecule has 2 heterocycles. The predicted molar refractivity (Wildman–Crippen MR) is 129 cm³/mol. The Kier molecular flexibility index (Phi) is 7.30. The minimum Gasteiger partial charge on any atom is -0.365 e. The lowest BCUT2D eigenvalue weighted by Crippen LogP contribution is -2.62. The second kappa shape index (κ2) is 10.4. The van der Waals surface area contributed by atoms with Crippen molar-refractivity contribution in [1.29, 1.82) is 0 Å². The molecule has 2 aromatic rings. The van der Waals surface area contributed by atoms with Gasteiger partial charge in [-0.15, -0.1) is 0 Å². The van der Waals surface area contributed by atoms with Crippen molar-refractivity contribution in [2.24, 2.45) is 5.92 Å². The largest absolute Gasteiger partial charge is 0.365 e. The molecule has 2 amide bonds. The first-order valence-corrected chi connectivity index (χ1v) is 11.8. The molecule has 0 radical (unpaired) electrons. The number of anilines is 1. The highest BCUT2D eigenvalue weighted by molar-refractivity contribution is 5.82. The standard InChI is InChI=1S/C25H30FN5O4/c1-16(2)28-24(32)15-29-8-9-30-22-7-6-20(31(34)35)11-18(22)12-21(23(30)14-29)25(33)27-13-17-4-3-5-19(26)10-17/h3-7,10-11,16,21,23H,8-9,12-15H2,1-2H3,(H,27,33)(H,28,32)/t21-,23-/m0/s1. The average Bonchev–Trinajstić information content (AvgIpc) is 2.81. The third kappa shape index (κ3) is 5.76. The Hall–Kier alpha value is -3.53. The lowest BCUT2D eigenvalue weighted by molar-refractivity contribution is -0.384. The second-order valence-corrected chi connectivity index (χ2v) is 9.45. The molecule has 0 unspecified atom stereocenters. The summed E-state index contributed by atoms with van der Waals surface area (Å²) in [6, 6.07) is 10.7. The maximum Gasteiger partial charge on any atom is 0.269 e. The summed E-state index contributed by atoms with van der Waals surface area (Å²) < 4.78 is 13.5. The van der Waals surface area contributed by atoms with Crippen molar-refractivity contribution in [3.63, 3.8) is 0 Å². The number of piperazine rings is 1. The number of hydrogen-bond acceptors (Lipinski definition) is 6. The van der Waals surface area contributed by atoms with E-state index in [1.807, 2.05) is 18.7 Å². The molecule has 2 aliphatic rings. The molecule has 186 valence electrons. The van der Waals surface area contributed by atoms with Crippen LogP contribution in [0.3, 0.4) is 0 Å². The molecule has 0 aliphatic carbocycles. The van der Waals surface area contributed by atoms with Gasteiger partial charge in [0.2, 0.25) is 11.8 Å². The molecule has 0 saturated carbocycles. The lowest BCUT2D eigenvalue weighted by Gasteiger charge is -2.49. The van der Waals surface area contributed by atoms with Crippen molar-refractivity contribution in [2.45, 2.75) is 38.9 Å². The van der Waals surface area contributed by atoms with Crippen LogP contribution < -0.4 is 15.5 Å². The quantitative estimate of drug-likeness (QED) is 0.462. The van der Waals surface area contributed by atoms with E-state index >= 15 is 0 Å². The normalized spacial score (nSPS) is 19.6. The Balaban J connectivity index is 1.56. The zero-order chi connectivity index (χ0) is 25.1. The third-order valence-electron chi connectivity index (χ3n) is 6.50. The molecular weight excluding hydrogens is 453 g/mol. The van der Waals surface area contributed by atoms with E-state index in [-0.39, 0.29) is 48.5 Å². The smallest absolute Gasteiger partial charge is 0.269 e. The number of non-ortho nitro benzene ring substituents is 1. The number of hydrogen-bond donors (Lipinski definition) is 2. The first-order chi connectivity index (χ1) is 16.7. The summed E-state index contributed by atoms with van der Waals surface area (Å²) in [5, 5.41) is 17.1. The van der Waals surface area contributed by atoms with Gasteiger partial charge in [0.15, 0.2) is 0 Å². The maximum atomic E-state index is 13.5. The molecule has 0 aromatic heterocycles. The molecule has 35 heavy (non-hydrogen) atoms. The number of nitro benzene ring substituents is 1. The molecule has 0 spiro atoms. The van der Waals surface area contributed by atoms with Crippen molar-refractivity contribution in [3.8, 4) is 0 Å². The zero-order valence-corrected chi connectivity index (χ0v) is 19.9. The van der Waals surface area contributed by atoms with E-state index in [9.17, 15) is 24.1 Å². The minimum atomic E-state index is -0.478. The van der Waals surface area contributed by atoms with Crippen LogP contribution in [0.25, 0.3) is 0 Å². The van der Waals surface area contributed by atoms with Crippen molar-refractivity contribution in [1.82, 2.24) is 15.5 Å². The number of halogens is 1. The molecule has 1 saturated heterocycles. The number of rotatable bonds is 7. The van der Waals surface area contributed by atoms with E-state index in [2.05, 4.69) is 15.5 Å². The maximum absolute atomic E-state index is 13.5. The van der Waals surface area contributed by atoms with Crippen LogP contribution in [-0.2, 0) is 22.6 Å². The molecule has 2 aromatic carbocycles. The fourth-order valence-corrected chi connectivity index (χ4v) is 4.96. The molecule has 4 rings (SSSR count). The van der Waals surface area contributed by atoms with Gasteiger partial charge in [-0.2, -0.15) is 0 Å². The van der Waals surface area contributed by atoms with E-state index in [0.717, 1.165) is 11.3 Å². The number of fused-ring (bicyclic) bond motifs is 3. The van der Waals surface area contributed by atoms with Gasteiger partial charge in [-0.05, 0) is 49.6 Å². The first kappa shape index (κ1) is 24.6. The van der Waals surface area contributed by atoms with E-state index in [0.29, 0.717) is 31.6 Å². The summed E-state index contributed by atoms with van der Waals surface area (Å²) in [7, 11) is 0. The Bertz CT molecular complexity index is 1120. The van der Waals surface area contributed by atoms with Gasteiger partial charge in [0.05, 0.1) is 23.4 Å². The topological polar surface area (TPSA) is 108 Å². The molecule has 2 aliphatic heterocycles. The summed E-state index contributed by atoms with van der Waals surface area (Å²) in [5.41, 5.74) is 2.29. The molecule has 0 bridgehead atoms. The van der Waals surface area contributed by atoms with Gasteiger partial charge in [0, 0.05) is 50.0 Å². The Labute approximate surface area is 203 Å². The summed E-state index contributed by atoms with van der Waals surface area (Å²) in [5.74, 6) is -1.11. The van der Waals surface area contributed by atoms with Gasteiger partial charge in [-0.1, -0.05) is 12.1 Å². The highest BCUT2D eigenvalue weighted by atomic mass is 19.1. The molecular formula is C25H30FN5O4. The van der Waals surface area contributed by atoms with Crippen LogP contribution in [0.2, 0.25) is 0 Å².